The van der Waals surface area contributed by atoms with Crippen LogP contribution in [-0.4, -0.2) is 34.9 Å². The lowest BCUT2D eigenvalue weighted by atomic mass is 10.1. The Labute approximate surface area is 101 Å². The molecule has 1 heterocycles. The van der Waals surface area contributed by atoms with Crippen molar-refractivity contribution in [1.82, 2.24) is 0 Å². The molecule has 0 saturated carbocycles. The van der Waals surface area contributed by atoms with Crippen LogP contribution in [-0.2, 0) is 4.74 Å². The second-order valence-corrected chi connectivity index (χ2v) is 4.24. The summed E-state index contributed by atoms with van der Waals surface area (Å²) in [4.78, 5) is 4.36. The fraction of sp³-hybridized carbons (Fsp3) is 0.462. The molecule has 4 heteroatoms. The summed E-state index contributed by atoms with van der Waals surface area (Å²) in [5.41, 5.74) is 1.54. The molecular weight excluding hydrogens is 218 g/mol. The number of phenolic OH excluding ortho intramolecular Hbond substituents is 1. The van der Waals surface area contributed by atoms with Gasteiger partial charge in [0.2, 0.25) is 5.90 Å². The maximum atomic E-state index is 9.71. The summed E-state index contributed by atoms with van der Waals surface area (Å²) in [5, 5.41) is 19.3. The van der Waals surface area contributed by atoms with Gasteiger partial charge in [0.15, 0.2) is 0 Å². The Kier molecular flexibility index (Phi) is 3.33. The first-order chi connectivity index (χ1) is 8.13. The number of phenols is 1. The van der Waals surface area contributed by atoms with Gasteiger partial charge in [-0.1, -0.05) is 13.0 Å². The first-order valence-corrected chi connectivity index (χ1v) is 5.81. The van der Waals surface area contributed by atoms with E-state index in [-0.39, 0.29) is 11.8 Å². The smallest absolute Gasteiger partial charge is 0.217 e. The number of nitrogens with zero attached hydrogens (tertiary/aromatic N) is 1. The van der Waals surface area contributed by atoms with Crippen LogP contribution in [0.5, 0.6) is 5.75 Å². The van der Waals surface area contributed by atoms with Gasteiger partial charge in [-0.15, -0.1) is 0 Å². The standard InChI is InChI=1S/C13H17NO3/c1-3-11(15)10-7-17-13(14-10)9-5-4-6-12(16)8(9)2/h4-6,10-11,15-16H,3,7H2,1-2H3. The van der Waals surface area contributed by atoms with Crippen LogP contribution in [0.4, 0.5) is 0 Å². The number of aliphatic hydroxyl groups excluding tert-OH is 1. The minimum atomic E-state index is -0.467. The third-order valence-electron chi connectivity index (χ3n) is 3.07. The Morgan fingerprint density at radius 2 is 2.29 bits per heavy atom. The molecule has 17 heavy (non-hydrogen) atoms. The van der Waals surface area contributed by atoms with Crippen molar-refractivity contribution in [3.8, 4) is 5.75 Å². The molecule has 1 aliphatic heterocycles. The fourth-order valence-corrected chi connectivity index (χ4v) is 1.86. The van der Waals surface area contributed by atoms with Gasteiger partial charge in [-0.25, -0.2) is 4.99 Å². The van der Waals surface area contributed by atoms with Gasteiger partial charge in [0.25, 0.3) is 0 Å². The van der Waals surface area contributed by atoms with E-state index >= 15 is 0 Å². The van der Waals surface area contributed by atoms with Gasteiger partial charge in [-0.2, -0.15) is 0 Å². The highest BCUT2D eigenvalue weighted by molar-refractivity contribution is 5.97. The molecule has 0 bridgehead atoms. The third-order valence-corrected chi connectivity index (χ3v) is 3.07. The van der Waals surface area contributed by atoms with Crippen LogP contribution in [0, 0.1) is 6.92 Å². The topological polar surface area (TPSA) is 62.0 Å². The number of hydrogen-bond donors (Lipinski definition) is 2. The second-order valence-electron chi connectivity index (χ2n) is 4.24. The van der Waals surface area contributed by atoms with Gasteiger partial charge in [0.1, 0.15) is 18.4 Å². The van der Waals surface area contributed by atoms with E-state index in [9.17, 15) is 10.2 Å². The lowest BCUT2D eigenvalue weighted by Crippen LogP contribution is -2.24. The van der Waals surface area contributed by atoms with Gasteiger partial charge < -0.3 is 14.9 Å². The molecule has 0 aliphatic carbocycles. The molecule has 1 aromatic carbocycles. The molecule has 0 spiro atoms. The molecule has 4 nitrogen and oxygen atoms in total. The van der Waals surface area contributed by atoms with Crippen LogP contribution in [0.15, 0.2) is 23.2 Å². The van der Waals surface area contributed by atoms with Crippen molar-refractivity contribution in [2.75, 3.05) is 6.61 Å². The lowest BCUT2D eigenvalue weighted by molar-refractivity contribution is 0.125. The Morgan fingerprint density at radius 3 is 3.00 bits per heavy atom. The highest BCUT2D eigenvalue weighted by atomic mass is 16.5. The van der Waals surface area contributed by atoms with Crippen molar-refractivity contribution < 1.29 is 14.9 Å². The van der Waals surface area contributed by atoms with Gasteiger partial charge in [-0.3, -0.25) is 0 Å². The summed E-state index contributed by atoms with van der Waals surface area (Å²) in [7, 11) is 0. The van der Waals surface area contributed by atoms with Crippen LogP contribution in [0.1, 0.15) is 24.5 Å². The Bertz CT molecular complexity index is 442. The summed E-state index contributed by atoms with van der Waals surface area (Å²) in [6.07, 6.45) is 0.189. The zero-order valence-corrected chi connectivity index (χ0v) is 10.1. The number of benzene rings is 1. The van der Waals surface area contributed by atoms with E-state index < -0.39 is 6.10 Å². The molecule has 2 rings (SSSR count). The molecular formula is C13H17NO3. The maximum Gasteiger partial charge on any atom is 0.217 e. The number of aliphatic imine (C=N–C) groups is 1. The third kappa shape index (κ3) is 2.26. The number of aromatic hydroxyl groups is 1. The summed E-state index contributed by atoms with van der Waals surface area (Å²) >= 11 is 0. The molecule has 2 atom stereocenters. The summed E-state index contributed by atoms with van der Waals surface area (Å²) in [6, 6.07) is 5.05. The van der Waals surface area contributed by atoms with Gasteiger partial charge in [-0.05, 0) is 25.5 Å². The predicted octanol–water partition coefficient (Wildman–Crippen LogP) is 1.62. The summed E-state index contributed by atoms with van der Waals surface area (Å²) in [6.45, 7) is 4.14. The van der Waals surface area contributed by atoms with Crippen LogP contribution in [0.2, 0.25) is 0 Å². The molecule has 0 aromatic heterocycles. The SMILES string of the molecule is CCC(O)C1COC(c2cccc(O)c2C)=N1. The highest BCUT2D eigenvalue weighted by Crippen LogP contribution is 2.23. The van der Waals surface area contributed by atoms with Crippen molar-refractivity contribution in [3.05, 3.63) is 29.3 Å². The van der Waals surface area contributed by atoms with Crippen molar-refractivity contribution in [2.45, 2.75) is 32.4 Å². The second kappa shape index (κ2) is 4.75. The van der Waals surface area contributed by atoms with Gasteiger partial charge in [0, 0.05) is 11.1 Å². The van der Waals surface area contributed by atoms with Gasteiger partial charge in [0.05, 0.1) is 6.10 Å². The van der Waals surface area contributed by atoms with E-state index in [0.29, 0.717) is 18.9 Å². The molecule has 0 fully saturated rings. The Hall–Kier alpha value is -1.55. The van der Waals surface area contributed by atoms with E-state index in [1.54, 1.807) is 12.1 Å². The van der Waals surface area contributed by atoms with Crippen LogP contribution in [0.3, 0.4) is 0 Å². The summed E-state index contributed by atoms with van der Waals surface area (Å²) in [5.74, 6) is 0.740. The normalized spacial score (nSPS) is 20.9. The van der Waals surface area contributed by atoms with Crippen molar-refractivity contribution in [1.29, 1.82) is 0 Å². The van der Waals surface area contributed by atoms with Crippen LogP contribution >= 0.6 is 0 Å². The van der Waals surface area contributed by atoms with E-state index in [1.807, 2.05) is 19.9 Å². The van der Waals surface area contributed by atoms with E-state index in [2.05, 4.69) is 4.99 Å². The molecule has 0 amide bonds. The first kappa shape index (κ1) is 11.9. The van der Waals surface area contributed by atoms with Crippen molar-refractivity contribution in [2.24, 2.45) is 4.99 Å². The molecule has 2 unspecified atom stereocenters. The molecule has 0 radical (unpaired) electrons. The van der Waals surface area contributed by atoms with Crippen molar-refractivity contribution >= 4 is 5.90 Å². The lowest BCUT2D eigenvalue weighted by Gasteiger charge is -2.10. The monoisotopic (exact) mass is 235 g/mol. The Morgan fingerprint density at radius 1 is 1.53 bits per heavy atom. The fourth-order valence-electron chi connectivity index (χ4n) is 1.86. The predicted molar refractivity (Wildman–Crippen MR) is 65.4 cm³/mol. The minimum absolute atomic E-state index is 0.197. The number of ether oxygens (including phenoxy) is 1. The van der Waals surface area contributed by atoms with Crippen LogP contribution < -0.4 is 0 Å². The average Bonchev–Trinajstić information content (AvgIpc) is 2.81. The number of hydrogen-bond acceptors (Lipinski definition) is 4. The summed E-state index contributed by atoms with van der Waals surface area (Å²) < 4.78 is 5.49. The first-order valence-electron chi connectivity index (χ1n) is 5.81. The quantitative estimate of drug-likeness (QED) is 0.836. The average molecular weight is 235 g/mol. The minimum Gasteiger partial charge on any atom is -0.508 e. The molecule has 92 valence electrons. The zero-order valence-electron chi connectivity index (χ0n) is 10.1. The molecule has 0 saturated heterocycles. The molecule has 2 N–H and O–H groups in total. The zero-order chi connectivity index (χ0) is 12.4. The van der Waals surface area contributed by atoms with E-state index in [4.69, 9.17) is 4.74 Å². The van der Waals surface area contributed by atoms with Crippen LogP contribution in [0.25, 0.3) is 0 Å². The number of aliphatic hydroxyl groups is 1. The van der Waals surface area contributed by atoms with E-state index in [0.717, 1.165) is 11.1 Å². The molecule has 1 aromatic rings. The molecule has 1 aliphatic rings. The highest BCUT2D eigenvalue weighted by Gasteiger charge is 2.26. The largest absolute Gasteiger partial charge is 0.508 e. The maximum absolute atomic E-state index is 9.71. The van der Waals surface area contributed by atoms with Gasteiger partial charge >= 0.3 is 0 Å². The Balaban J connectivity index is 2.27. The van der Waals surface area contributed by atoms with E-state index in [1.165, 1.54) is 0 Å². The number of rotatable bonds is 3. The van der Waals surface area contributed by atoms with Crippen molar-refractivity contribution in [3.63, 3.8) is 0 Å².